The largest absolute Gasteiger partial charge is 0.495 e. The molecule has 0 radical (unpaired) electrons. The quantitative estimate of drug-likeness (QED) is 0.254. The molecule has 2 N–H and O–H groups in total. The van der Waals surface area contributed by atoms with E-state index in [1.807, 2.05) is 0 Å². The summed E-state index contributed by atoms with van der Waals surface area (Å²) in [5.41, 5.74) is 1.11. The third-order valence-electron chi connectivity index (χ3n) is 4.91. The van der Waals surface area contributed by atoms with Crippen LogP contribution in [0, 0.1) is 0 Å². The molecule has 4 amide bonds. The molecular weight excluding hydrogens is 520 g/mol. The Morgan fingerprint density at radius 1 is 0.919 bits per heavy atom. The summed E-state index contributed by atoms with van der Waals surface area (Å²) < 4.78 is 16.2. The predicted octanol–water partition coefficient (Wildman–Crippen LogP) is 5.87. The van der Waals surface area contributed by atoms with E-state index in [0.717, 1.165) is 9.42 Å². The van der Waals surface area contributed by atoms with Gasteiger partial charge in [-0.05, 0) is 56.1 Å². The molecule has 0 heterocycles. The fraction of sp³-hybridized carbons (Fsp3) is 0.160. The van der Waals surface area contributed by atoms with E-state index >= 15 is 0 Å². The van der Waals surface area contributed by atoms with Gasteiger partial charge in [0, 0.05) is 17.3 Å². The number of anilines is 3. The number of hydrazine groups is 1. The number of benzene rings is 3. The summed E-state index contributed by atoms with van der Waals surface area (Å²) in [5, 5.41) is 6.50. The highest BCUT2D eigenvalue weighted by Crippen LogP contribution is 2.36. The molecule has 0 aromatic heterocycles. The fourth-order valence-corrected chi connectivity index (χ4v) is 3.71. The Morgan fingerprint density at radius 3 is 2.27 bits per heavy atom. The zero-order valence-electron chi connectivity index (χ0n) is 20.2. The van der Waals surface area contributed by atoms with Gasteiger partial charge in [-0.1, -0.05) is 35.9 Å². The number of hydrogen-bond donors (Lipinski definition) is 3. The Morgan fingerprint density at radius 2 is 1.62 bits per heavy atom. The first kappa shape index (κ1) is 27.5. The Kier molecular flexibility index (Phi) is 9.47. The SMILES string of the molecule is CCOC(=O)Nc1cccc(C(=O)N(c2ccccc2)N(S)C(=O)Nc2cc(Cl)c(OC)cc2OC)c1. The molecule has 0 aliphatic rings. The standard InChI is InChI=1S/C25H25ClN4O6S/c1-4-36-25(33)27-17-10-8-9-16(13-17)23(31)29(18-11-6-5-7-12-18)30(37)24(32)28-20-14-19(26)21(34-2)15-22(20)35-3/h5-15,37H,4H2,1-3H3,(H,27,33)(H,28,32). The molecule has 10 nitrogen and oxygen atoms in total. The van der Waals surface area contributed by atoms with Gasteiger partial charge in [-0.2, -0.15) is 4.41 Å². The van der Waals surface area contributed by atoms with E-state index in [-0.39, 0.29) is 28.6 Å². The van der Waals surface area contributed by atoms with E-state index in [1.165, 1.54) is 32.4 Å². The molecule has 0 saturated carbocycles. The number of hydrogen-bond acceptors (Lipinski definition) is 7. The molecule has 194 valence electrons. The molecule has 0 spiro atoms. The molecule has 0 unspecified atom stereocenters. The molecule has 37 heavy (non-hydrogen) atoms. The number of para-hydroxylation sites is 1. The lowest BCUT2D eigenvalue weighted by atomic mass is 10.1. The molecule has 0 bridgehead atoms. The maximum Gasteiger partial charge on any atom is 0.411 e. The van der Waals surface area contributed by atoms with Gasteiger partial charge in [0.05, 0.1) is 37.2 Å². The van der Waals surface area contributed by atoms with Crippen molar-refractivity contribution in [3.05, 3.63) is 77.3 Å². The van der Waals surface area contributed by atoms with Crippen LogP contribution in [0.3, 0.4) is 0 Å². The van der Waals surface area contributed by atoms with Gasteiger partial charge in [-0.3, -0.25) is 10.1 Å². The van der Waals surface area contributed by atoms with Crippen LogP contribution >= 0.6 is 24.4 Å². The van der Waals surface area contributed by atoms with Crippen LogP contribution in [0.1, 0.15) is 17.3 Å². The van der Waals surface area contributed by atoms with Gasteiger partial charge < -0.3 is 19.5 Å². The fourth-order valence-electron chi connectivity index (χ4n) is 3.23. The van der Waals surface area contributed by atoms with Crippen LogP contribution < -0.4 is 25.1 Å². The van der Waals surface area contributed by atoms with Crippen LogP contribution in [-0.2, 0) is 4.74 Å². The highest BCUT2D eigenvalue weighted by molar-refractivity contribution is 7.78. The average Bonchev–Trinajstić information content (AvgIpc) is 2.89. The van der Waals surface area contributed by atoms with E-state index in [9.17, 15) is 14.4 Å². The number of amides is 4. The minimum absolute atomic E-state index is 0.176. The third kappa shape index (κ3) is 6.78. The van der Waals surface area contributed by atoms with E-state index in [2.05, 4.69) is 23.4 Å². The van der Waals surface area contributed by atoms with Crippen LogP contribution in [0.5, 0.6) is 11.5 Å². The summed E-state index contributed by atoms with van der Waals surface area (Å²) in [5.74, 6) is 0.0480. The molecule has 0 atom stereocenters. The lowest BCUT2D eigenvalue weighted by Crippen LogP contribution is -2.46. The zero-order valence-corrected chi connectivity index (χ0v) is 21.9. The molecule has 3 aromatic rings. The maximum atomic E-state index is 13.6. The molecule has 0 saturated heterocycles. The Hall–Kier alpha value is -4.09. The van der Waals surface area contributed by atoms with E-state index in [4.69, 9.17) is 25.8 Å². The Labute approximate surface area is 224 Å². The smallest absolute Gasteiger partial charge is 0.411 e. The van der Waals surface area contributed by atoms with Gasteiger partial charge in [0.15, 0.2) is 0 Å². The number of carbonyl (C=O) groups is 3. The van der Waals surface area contributed by atoms with Gasteiger partial charge >= 0.3 is 12.1 Å². The summed E-state index contributed by atoms with van der Waals surface area (Å²) in [6.45, 7) is 1.87. The highest BCUT2D eigenvalue weighted by atomic mass is 35.5. The second-order valence-electron chi connectivity index (χ2n) is 7.29. The van der Waals surface area contributed by atoms with Crippen molar-refractivity contribution in [1.82, 2.24) is 4.41 Å². The molecule has 0 aliphatic heterocycles. The van der Waals surface area contributed by atoms with Crippen molar-refractivity contribution in [1.29, 1.82) is 0 Å². The Balaban J connectivity index is 1.92. The van der Waals surface area contributed by atoms with Gasteiger partial charge in [0.25, 0.3) is 5.91 Å². The van der Waals surface area contributed by atoms with E-state index < -0.39 is 18.0 Å². The second kappa shape index (κ2) is 12.7. The molecule has 3 rings (SSSR count). The molecule has 3 aromatic carbocycles. The van der Waals surface area contributed by atoms with Crippen molar-refractivity contribution in [3.8, 4) is 11.5 Å². The molecule has 12 heteroatoms. The number of methoxy groups -OCH3 is 2. The number of halogens is 1. The number of ether oxygens (including phenoxy) is 3. The van der Waals surface area contributed by atoms with Crippen LogP contribution in [-0.4, -0.2) is 43.3 Å². The van der Waals surface area contributed by atoms with Gasteiger partial charge in [-0.25, -0.2) is 14.6 Å². The summed E-state index contributed by atoms with van der Waals surface area (Å²) in [6, 6.07) is 16.9. The van der Waals surface area contributed by atoms with Gasteiger partial charge in [0.2, 0.25) is 0 Å². The van der Waals surface area contributed by atoms with Crippen molar-refractivity contribution < 1.29 is 28.6 Å². The molecular formula is C25H25ClN4O6S. The van der Waals surface area contributed by atoms with Crippen LogP contribution in [0.4, 0.5) is 26.7 Å². The topological polar surface area (TPSA) is 109 Å². The maximum absolute atomic E-state index is 13.6. The monoisotopic (exact) mass is 544 g/mol. The normalized spacial score (nSPS) is 10.2. The average molecular weight is 545 g/mol. The lowest BCUT2D eigenvalue weighted by molar-refractivity contribution is 0.0955. The Bertz CT molecular complexity index is 1280. The molecule has 0 aliphatic carbocycles. The zero-order chi connectivity index (χ0) is 26.9. The predicted molar refractivity (Wildman–Crippen MR) is 145 cm³/mol. The number of urea groups is 1. The van der Waals surface area contributed by atoms with E-state index in [1.54, 1.807) is 55.5 Å². The van der Waals surface area contributed by atoms with Crippen molar-refractivity contribution in [3.63, 3.8) is 0 Å². The van der Waals surface area contributed by atoms with Crippen molar-refractivity contribution in [2.75, 3.05) is 36.5 Å². The van der Waals surface area contributed by atoms with Crippen molar-refractivity contribution in [2.45, 2.75) is 6.92 Å². The number of nitrogens with zero attached hydrogens (tertiary/aromatic N) is 2. The first-order valence-corrected chi connectivity index (χ1v) is 11.7. The summed E-state index contributed by atoms with van der Waals surface area (Å²) in [4.78, 5) is 38.6. The van der Waals surface area contributed by atoms with Crippen molar-refractivity contribution >= 4 is 59.5 Å². The second-order valence-corrected chi connectivity index (χ2v) is 8.07. The third-order valence-corrected chi connectivity index (χ3v) is 5.57. The van der Waals surface area contributed by atoms with Gasteiger partial charge in [0.1, 0.15) is 11.5 Å². The summed E-state index contributed by atoms with van der Waals surface area (Å²) >= 11 is 10.5. The number of thiol groups is 1. The minimum atomic E-state index is -0.777. The van der Waals surface area contributed by atoms with Crippen LogP contribution in [0.2, 0.25) is 5.02 Å². The van der Waals surface area contributed by atoms with Crippen molar-refractivity contribution in [2.24, 2.45) is 0 Å². The highest BCUT2D eigenvalue weighted by Gasteiger charge is 2.28. The molecule has 0 fully saturated rings. The number of nitrogens with one attached hydrogen (secondary N) is 2. The van der Waals surface area contributed by atoms with Crippen LogP contribution in [0.25, 0.3) is 0 Å². The first-order chi connectivity index (χ1) is 17.8. The summed E-state index contributed by atoms with van der Waals surface area (Å²) in [6.07, 6.45) is -0.658. The first-order valence-electron chi connectivity index (χ1n) is 10.9. The minimum Gasteiger partial charge on any atom is -0.495 e. The number of carbonyl (C=O) groups excluding carboxylic acids is 3. The van der Waals surface area contributed by atoms with E-state index in [0.29, 0.717) is 17.1 Å². The van der Waals surface area contributed by atoms with Gasteiger partial charge in [-0.15, -0.1) is 0 Å². The number of rotatable bonds is 7. The lowest BCUT2D eigenvalue weighted by Gasteiger charge is -2.30. The summed E-state index contributed by atoms with van der Waals surface area (Å²) in [7, 11) is 2.88. The van der Waals surface area contributed by atoms with Crippen LogP contribution in [0.15, 0.2) is 66.7 Å².